The molecule has 1 aromatic heterocycles. The molecule has 0 radical (unpaired) electrons. The molecular formula is C10H12BrNS. The van der Waals surface area contributed by atoms with Gasteiger partial charge in [0, 0.05) is 15.1 Å². The number of nitriles is 1. The summed E-state index contributed by atoms with van der Waals surface area (Å²) in [6.07, 6.45) is 1.97. The molecule has 1 heterocycles. The maximum atomic E-state index is 8.78. The van der Waals surface area contributed by atoms with Crippen LogP contribution in [0.25, 0.3) is 0 Å². The SMILES string of the molecule is CCc1ccc(CC(C#N)CBr)s1. The zero-order chi connectivity index (χ0) is 9.68. The third kappa shape index (κ3) is 3.13. The van der Waals surface area contributed by atoms with Crippen molar-refractivity contribution in [3.05, 3.63) is 21.9 Å². The highest BCUT2D eigenvalue weighted by atomic mass is 79.9. The first-order chi connectivity index (χ1) is 6.30. The second kappa shape index (κ2) is 5.41. The van der Waals surface area contributed by atoms with Crippen LogP contribution < -0.4 is 0 Å². The van der Waals surface area contributed by atoms with E-state index in [4.69, 9.17) is 5.26 Å². The van der Waals surface area contributed by atoms with Crippen molar-refractivity contribution in [3.8, 4) is 6.07 Å². The molecule has 0 amide bonds. The molecule has 1 nitrogen and oxygen atoms in total. The van der Waals surface area contributed by atoms with Gasteiger partial charge in [-0.25, -0.2) is 0 Å². The Labute approximate surface area is 91.5 Å². The maximum Gasteiger partial charge on any atom is 0.0668 e. The van der Waals surface area contributed by atoms with E-state index >= 15 is 0 Å². The average molecular weight is 258 g/mol. The van der Waals surface area contributed by atoms with E-state index in [1.165, 1.54) is 9.75 Å². The third-order valence-corrected chi connectivity index (χ3v) is 3.92. The number of alkyl halides is 1. The van der Waals surface area contributed by atoms with Crippen LogP contribution in [0.3, 0.4) is 0 Å². The number of aryl methyl sites for hydroxylation is 1. The van der Waals surface area contributed by atoms with Gasteiger partial charge in [-0.15, -0.1) is 11.3 Å². The molecule has 70 valence electrons. The molecule has 0 fully saturated rings. The Hall–Kier alpha value is -0.330. The average Bonchev–Trinajstić information content (AvgIpc) is 2.61. The lowest BCUT2D eigenvalue weighted by atomic mass is 10.1. The molecule has 1 atom stereocenters. The fourth-order valence-electron chi connectivity index (χ4n) is 1.10. The zero-order valence-electron chi connectivity index (χ0n) is 7.59. The van der Waals surface area contributed by atoms with Gasteiger partial charge in [-0.1, -0.05) is 22.9 Å². The van der Waals surface area contributed by atoms with Gasteiger partial charge in [0.1, 0.15) is 0 Å². The lowest BCUT2D eigenvalue weighted by Crippen LogP contribution is -2.00. The van der Waals surface area contributed by atoms with E-state index in [1.54, 1.807) is 0 Å². The van der Waals surface area contributed by atoms with Crippen LogP contribution in [0.5, 0.6) is 0 Å². The first-order valence-electron chi connectivity index (χ1n) is 4.33. The first kappa shape index (κ1) is 10.7. The van der Waals surface area contributed by atoms with Crippen molar-refractivity contribution < 1.29 is 0 Å². The highest BCUT2D eigenvalue weighted by Crippen LogP contribution is 2.20. The Kier molecular flexibility index (Phi) is 4.47. The van der Waals surface area contributed by atoms with Gasteiger partial charge in [0.2, 0.25) is 0 Å². The van der Waals surface area contributed by atoms with Crippen LogP contribution in [-0.2, 0) is 12.8 Å². The minimum atomic E-state index is 0.114. The standard InChI is InChI=1S/C10H12BrNS/c1-2-9-3-4-10(13-9)5-8(6-11)7-12/h3-4,8H,2,5-6H2,1H3. The zero-order valence-corrected chi connectivity index (χ0v) is 9.99. The summed E-state index contributed by atoms with van der Waals surface area (Å²) in [7, 11) is 0. The molecular weight excluding hydrogens is 246 g/mol. The fraction of sp³-hybridized carbons (Fsp3) is 0.500. The quantitative estimate of drug-likeness (QED) is 0.759. The second-order valence-electron chi connectivity index (χ2n) is 2.91. The molecule has 13 heavy (non-hydrogen) atoms. The van der Waals surface area contributed by atoms with Gasteiger partial charge < -0.3 is 0 Å². The summed E-state index contributed by atoms with van der Waals surface area (Å²) in [4.78, 5) is 2.73. The van der Waals surface area contributed by atoms with Gasteiger partial charge in [-0.05, 0) is 25.0 Å². The number of hydrogen-bond acceptors (Lipinski definition) is 2. The highest BCUT2D eigenvalue weighted by Gasteiger charge is 2.08. The number of nitrogens with zero attached hydrogens (tertiary/aromatic N) is 1. The van der Waals surface area contributed by atoms with Crippen molar-refractivity contribution >= 4 is 27.3 Å². The minimum Gasteiger partial charge on any atom is -0.198 e. The Bertz CT molecular complexity index is 300. The summed E-state index contributed by atoms with van der Waals surface area (Å²) in [5.74, 6) is 0.114. The van der Waals surface area contributed by atoms with Crippen LogP contribution in [0, 0.1) is 17.2 Å². The molecule has 1 rings (SSSR count). The van der Waals surface area contributed by atoms with Crippen molar-refractivity contribution in [3.63, 3.8) is 0 Å². The maximum absolute atomic E-state index is 8.78. The lowest BCUT2D eigenvalue weighted by Gasteiger charge is -2.00. The van der Waals surface area contributed by atoms with Crippen molar-refractivity contribution in [2.24, 2.45) is 5.92 Å². The van der Waals surface area contributed by atoms with E-state index in [0.717, 1.165) is 18.2 Å². The van der Waals surface area contributed by atoms with Crippen molar-refractivity contribution in [1.29, 1.82) is 5.26 Å². The summed E-state index contributed by atoms with van der Waals surface area (Å²) in [6, 6.07) is 6.58. The monoisotopic (exact) mass is 257 g/mol. The Morgan fingerprint density at radius 1 is 1.54 bits per heavy atom. The Balaban J connectivity index is 2.58. The predicted molar refractivity (Wildman–Crippen MR) is 60.3 cm³/mol. The number of rotatable bonds is 4. The van der Waals surface area contributed by atoms with Crippen LogP contribution in [0.15, 0.2) is 12.1 Å². The van der Waals surface area contributed by atoms with Gasteiger partial charge in [0.05, 0.1) is 12.0 Å². The van der Waals surface area contributed by atoms with Crippen LogP contribution in [0.1, 0.15) is 16.7 Å². The first-order valence-corrected chi connectivity index (χ1v) is 6.27. The minimum absolute atomic E-state index is 0.114. The predicted octanol–water partition coefficient (Wildman–Crippen LogP) is 3.39. The largest absolute Gasteiger partial charge is 0.198 e. The van der Waals surface area contributed by atoms with Crippen LogP contribution in [0.2, 0.25) is 0 Å². The van der Waals surface area contributed by atoms with E-state index in [9.17, 15) is 0 Å². The van der Waals surface area contributed by atoms with Gasteiger partial charge in [0.15, 0.2) is 0 Å². The number of halogens is 1. The lowest BCUT2D eigenvalue weighted by molar-refractivity contribution is 0.766. The van der Waals surface area contributed by atoms with Crippen LogP contribution in [-0.4, -0.2) is 5.33 Å². The fourth-order valence-corrected chi connectivity index (χ4v) is 2.51. The van der Waals surface area contributed by atoms with Gasteiger partial charge in [-0.3, -0.25) is 0 Å². The molecule has 0 bridgehead atoms. The topological polar surface area (TPSA) is 23.8 Å². The molecule has 0 saturated carbocycles. The molecule has 1 aromatic rings. The molecule has 0 aliphatic rings. The Morgan fingerprint density at radius 3 is 2.69 bits per heavy atom. The number of hydrogen-bond donors (Lipinski definition) is 0. The molecule has 0 saturated heterocycles. The van der Waals surface area contributed by atoms with E-state index in [1.807, 2.05) is 11.3 Å². The molecule has 0 N–H and O–H groups in total. The van der Waals surface area contributed by atoms with Crippen LogP contribution >= 0.6 is 27.3 Å². The van der Waals surface area contributed by atoms with E-state index in [2.05, 4.69) is 41.1 Å². The van der Waals surface area contributed by atoms with Gasteiger partial charge >= 0.3 is 0 Å². The normalized spacial score (nSPS) is 12.4. The molecule has 0 aliphatic carbocycles. The summed E-state index contributed by atoms with van der Waals surface area (Å²) in [6.45, 7) is 2.15. The summed E-state index contributed by atoms with van der Waals surface area (Å²) < 4.78 is 0. The second-order valence-corrected chi connectivity index (χ2v) is 4.81. The summed E-state index contributed by atoms with van der Waals surface area (Å²) >= 11 is 5.16. The van der Waals surface area contributed by atoms with Gasteiger partial charge in [-0.2, -0.15) is 5.26 Å². The highest BCUT2D eigenvalue weighted by molar-refractivity contribution is 9.09. The third-order valence-electron chi connectivity index (χ3n) is 1.88. The molecule has 1 unspecified atom stereocenters. The van der Waals surface area contributed by atoms with E-state index in [-0.39, 0.29) is 5.92 Å². The molecule has 0 spiro atoms. The molecule has 0 aliphatic heterocycles. The van der Waals surface area contributed by atoms with Gasteiger partial charge in [0.25, 0.3) is 0 Å². The Morgan fingerprint density at radius 2 is 2.23 bits per heavy atom. The van der Waals surface area contributed by atoms with Crippen molar-refractivity contribution in [2.75, 3.05) is 5.33 Å². The molecule has 0 aromatic carbocycles. The smallest absolute Gasteiger partial charge is 0.0668 e. The summed E-state index contributed by atoms with van der Waals surface area (Å²) in [5, 5.41) is 9.54. The summed E-state index contributed by atoms with van der Waals surface area (Å²) in [5.41, 5.74) is 0. The number of thiophene rings is 1. The molecule has 3 heteroatoms. The van der Waals surface area contributed by atoms with E-state index < -0.39 is 0 Å². The van der Waals surface area contributed by atoms with Crippen LogP contribution in [0.4, 0.5) is 0 Å². The van der Waals surface area contributed by atoms with Crippen molar-refractivity contribution in [2.45, 2.75) is 19.8 Å². The van der Waals surface area contributed by atoms with E-state index in [0.29, 0.717) is 0 Å². The van der Waals surface area contributed by atoms with Crippen molar-refractivity contribution in [1.82, 2.24) is 0 Å².